The summed E-state index contributed by atoms with van der Waals surface area (Å²) in [6.07, 6.45) is 45.2. The molecule has 4 N–H and O–H groups in total. The van der Waals surface area contributed by atoms with Gasteiger partial charge in [0.1, 0.15) is 19.3 Å². The van der Waals surface area contributed by atoms with Crippen molar-refractivity contribution in [1.29, 1.82) is 0 Å². The zero-order valence-electron chi connectivity index (χ0n) is 35.2. The number of quaternary nitrogens is 1. The van der Waals surface area contributed by atoms with Gasteiger partial charge in [-0.2, -0.15) is 0 Å². The minimum absolute atomic E-state index is 0.00424. The summed E-state index contributed by atoms with van der Waals surface area (Å²) in [5.41, 5.74) is 0. The highest BCUT2D eigenvalue weighted by atomic mass is 31.2. The number of hydrogen-bond donors (Lipinski definition) is 4. The molecule has 0 aromatic rings. The summed E-state index contributed by atoms with van der Waals surface area (Å²) in [5.74, 6) is -0.295. The molecule has 0 aliphatic rings. The number of carbonyl (C=O) groups is 1. The maximum atomic E-state index is 12.9. The van der Waals surface area contributed by atoms with Crippen LogP contribution in [0.5, 0.6) is 0 Å². The largest absolute Gasteiger partial charge is 0.472 e. The second kappa shape index (κ2) is 36.0. The van der Waals surface area contributed by atoms with Gasteiger partial charge in [0, 0.05) is 6.42 Å². The van der Waals surface area contributed by atoms with Crippen molar-refractivity contribution in [1.82, 2.24) is 5.32 Å². The average molecular weight is 792 g/mol. The third-order valence-corrected chi connectivity index (χ3v) is 9.75. The molecule has 0 fully saturated rings. The maximum Gasteiger partial charge on any atom is 0.472 e. The van der Waals surface area contributed by atoms with E-state index in [0.717, 1.165) is 96.3 Å². The van der Waals surface area contributed by atoms with Gasteiger partial charge < -0.3 is 24.9 Å². The summed E-state index contributed by atoms with van der Waals surface area (Å²) in [6, 6.07) is -1.07. The molecule has 1 amide bonds. The van der Waals surface area contributed by atoms with Crippen LogP contribution in [-0.4, -0.2) is 84.6 Å². The van der Waals surface area contributed by atoms with Crippen molar-refractivity contribution in [3.63, 3.8) is 0 Å². The molecule has 4 atom stereocenters. The first-order valence-corrected chi connectivity index (χ1v) is 22.5. The Labute approximate surface area is 336 Å². The first-order chi connectivity index (χ1) is 26.4. The lowest BCUT2D eigenvalue weighted by Gasteiger charge is -2.28. The number of amides is 1. The Balaban J connectivity index is 4.61. The lowest BCUT2D eigenvalue weighted by molar-refractivity contribution is -0.870. The molecule has 0 aliphatic heterocycles. The van der Waals surface area contributed by atoms with E-state index in [1.54, 1.807) is 0 Å². The number of rotatable bonds is 36. The van der Waals surface area contributed by atoms with E-state index < -0.39 is 32.7 Å². The van der Waals surface area contributed by atoms with E-state index in [1.807, 2.05) is 28.1 Å². The van der Waals surface area contributed by atoms with Crippen LogP contribution in [0.15, 0.2) is 85.1 Å². The van der Waals surface area contributed by atoms with Crippen LogP contribution in [-0.2, 0) is 18.4 Å². The Bertz CT molecular complexity index is 1190. The minimum Gasteiger partial charge on any atom is -0.390 e. The van der Waals surface area contributed by atoms with Crippen LogP contribution in [0.2, 0.25) is 0 Å². The van der Waals surface area contributed by atoms with E-state index in [4.69, 9.17) is 9.05 Å². The molecule has 0 saturated carbocycles. The van der Waals surface area contributed by atoms with Crippen molar-refractivity contribution in [2.45, 2.75) is 154 Å². The zero-order chi connectivity index (χ0) is 40.9. The fraction of sp³-hybridized carbons (Fsp3) is 0.667. The Hall–Kier alpha value is -2.36. The number of nitrogens with zero attached hydrogens (tertiary/aromatic N) is 1. The monoisotopic (exact) mass is 792 g/mol. The number of nitrogens with one attached hydrogen (secondary N) is 1. The molecule has 0 radical (unpaired) electrons. The third kappa shape index (κ3) is 37.0. The molecular weight excluding hydrogens is 711 g/mol. The topological polar surface area (TPSA) is 125 Å². The number of phosphoric ester groups is 1. The van der Waals surface area contributed by atoms with Crippen LogP contribution in [0, 0.1) is 0 Å². The van der Waals surface area contributed by atoms with E-state index in [-0.39, 0.29) is 18.9 Å². The molecular formula is C45H80N2O7P+. The Morgan fingerprint density at radius 3 is 1.75 bits per heavy atom. The van der Waals surface area contributed by atoms with Gasteiger partial charge >= 0.3 is 7.82 Å². The van der Waals surface area contributed by atoms with Gasteiger partial charge in [-0.3, -0.25) is 13.8 Å². The van der Waals surface area contributed by atoms with E-state index in [9.17, 15) is 24.5 Å². The lowest BCUT2D eigenvalue weighted by atomic mass is 10.0. The van der Waals surface area contributed by atoms with E-state index in [1.165, 1.54) is 0 Å². The SMILES string of the molecule is C/C=C/CC/C=C/CC/C=C/CCCC(O)C(O)C(COP(=O)(O)OCC[N+](C)(C)C)NC(=O)CCCCCCCC/C=C\C/C=C\C/C=C\C/C=C\CC. The summed E-state index contributed by atoms with van der Waals surface area (Å²) in [5, 5.41) is 24.6. The number of aliphatic hydroxyl groups excluding tert-OH is 2. The van der Waals surface area contributed by atoms with Gasteiger partial charge in [0.25, 0.3) is 0 Å². The maximum absolute atomic E-state index is 12.9. The van der Waals surface area contributed by atoms with E-state index in [0.29, 0.717) is 30.3 Å². The summed E-state index contributed by atoms with van der Waals surface area (Å²) >= 11 is 0. The molecule has 0 heterocycles. The highest BCUT2D eigenvalue weighted by molar-refractivity contribution is 7.47. The second-order valence-electron chi connectivity index (χ2n) is 15.1. The number of unbranched alkanes of at least 4 members (excludes halogenated alkanes) is 9. The molecule has 0 aromatic heterocycles. The number of hydrogen-bond acceptors (Lipinski definition) is 6. The number of aliphatic hydroxyl groups is 2. The first-order valence-electron chi connectivity index (χ1n) is 21.0. The second-order valence-corrected chi connectivity index (χ2v) is 16.6. The normalized spacial score (nSPS) is 15.9. The third-order valence-electron chi connectivity index (χ3n) is 8.77. The Morgan fingerprint density at radius 2 is 1.16 bits per heavy atom. The van der Waals surface area contributed by atoms with Gasteiger partial charge in [-0.15, -0.1) is 0 Å². The smallest absolute Gasteiger partial charge is 0.390 e. The van der Waals surface area contributed by atoms with Crippen LogP contribution < -0.4 is 5.32 Å². The molecule has 0 saturated heterocycles. The summed E-state index contributed by atoms with van der Waals surface area (Å²) < 4.78 is 23.4. The Morgan fingerprint density at radius 1 is 0.673 bits per heavy atom. The number of phosphoric acid groups is 1. The van der Waals surface area contributed by atoms with Crippen molar-refractivity contribution >= 4 is 13.7 Å². The van der Waals surface area contributed by atoms with E-state index >= 15 is 0 Å². The van der Waals surface area contributed by atoms with Crippen LogP contribution in [0.25, 0.3) is 0 Å². The molecule has 4 unspecified atom stereocenters. The van der Waals surface area contributed by atoms with Gasteiger partial charge in [0.2, 0.25) is 5.91 Å². The summed E-state index contributed by atoms with van der Waals surface area (Å²) in [7, 11) is 1.37. The van der Waals surface area contributed by atoms with Crippen molar-refractivity contribution in [2.75, 3.05) is 40.9 Å². The summed E-state index contributed by atoms with van der Waals surface area (Å²) in [4.78, 5) is 23.1. The molecule has 9 nitrogen and oxygen atoms in total. The van der Waals surface area contributed by atoms with Gasteiger partial charge in [-0.05, 0) is 96.8 Å². The van der Waals surface area contributed by atoms with Gasteiger partial charge in [-0.1, -0.05) is 118 Å². The predicted molar refractivity (Wildman–Crippen MR) is 232 cm³/mol. The molecule has 0 aromatic carbocycles. The highest BCUT2D eigenvalue weighted by Gasteiger charge is 2.31. The zero-order valence-corrected chi connectivity index (χ0v) is 36.1. The Kier molecular flexibility index (Phi) is 34.5. The number of allylic oxidation sites excluding steroid dienone is 14. The van der Waals surface area contributed by atoms with Gasteiger partial charge in [0.15, 0.2) is 0 Å². The fourth-order valence-electron chi connectivity index (χ4n) is 5.41. The number of likely N-dealkylation sites (N-methyl/N-ethyl adjacent to an activating group) is 1. The van der Waals surface area contributed by atoms with Crippen molar-refractivity contribution < 1.29 is 38.0 Å². The highest BCUT2D eigenvalue weighted by Crippen LogP contribution is 2.43. The summed E-state index contributed by atoms with van der Waals surface area (Å²) in [6.45, 7) is 4.20. The quantitative estimate of drug-likeness (QED) is 0.0215. The van der Waals surface area contributed by atoms with Crippen LogP contribution >= 0.6 is 7.82 Å². The van der Waals surface area contributed by atoms with Crippen LogP contribution in [0.3, 0.4) is 0 Å². The molecule has 316 valence electrons. The predicted octanol–water partition coefficient (Wildman–Crippen LogP) is 10.4. The molecule has 0 rings (SSSR count). The minimum atomic E-state index is -4.43. The fourth-order valence-corrected chi connectivity index (χ4v) is 6.14. The molecule has 10 heteroatoms. The molecule has 55 heavy (non-hydrogen) atoms. The van der Waals surface area contributed by atoms with Crippen molar-refractivity contribution in [3.8, 4) is 0 Å². The van der Waals surface area contributed by atoms with Crippen LogP contribution in [0.1, 0.15) is 136 Å². The van der Waals surface area contributed by atoms with Crippen molar-refractivity contribution in [2.24, 2.45) is 0 Å². The average Bonchev–Trinajstić information content (AvgIpc) is 3.13. The van der Waals surface area contributed by atoms with E-state index in [2.05, 4.69) is 97.3 Å². The van der Waals surface area contributed by atoms with Crippen molar-refractivity contribution in [3.05, 3.63) is 85.1 Å². The first kappa shape index (κ1) is 52.6. The van der Waals surface area contributed by atoms with Gasteiger partial charge in [-0.25, -0.2) is 4.57 Å². The molecule has 0 spiro atoms. The molecule has 0 aliphatic carbocycles. The standard InChI is InChI=1S/C45H79N2O7P/c1-6-8-10-12-14-16-18-20-21-22-23-24-25-26-28-30-32-34-36-38-44(49)46-42(41-54-55(51,52)53-40-39-47(3,4)5)45(50)43(48)37-35-33-31-29-27-19-17-15-13-11-9-7-2/h7-10,14-17,20-21,23-24,29,31,42-43,45,48,50H,6,11-13,18-19,22,25-28,30,32-41H2,1-5H3,(H-,46,49,51,52)/p+1/b9-7+,10-8-,16-14-,17-15+,21-20-,24-23-,31-29+. The molecule has 0 bridgehead atoms. The lowest BCUT2D eigenvalue weighted by Crippen LogP contribution is -2.51. The van der Waals surface area contributed by atoms with Gasteiger partial charge in [0.05, 0.1) is 39.9 Å². The van der Waals surface area contributed by atoms with Crippen LogP contribution in [0.4, 0.5) is 0 Å². The number of carbonyl (C=O) groups excluding carboxylic acids is 1.